The molecule has 2 amide bonds. The van der Waals surface area contributed by atoms with Gasteiger partial charge in [-0.3, -0.25) is 4.72 Å². The van der Waals surface area contributed by atoms with E-state index in [1.807, 2.05) is 30.8 Å². The molecule has 0 saturated carbocycles. The van der Waals surface area contributed by atoms with Gasteiger partial charge in [-0.15, -0.1) is 0 Å². The van der Waals surface area contributed by atoms with Gasteiger partial charge in [0.2, 0.25) is 5.95 Å². The summed E-state index contributed by atoms with van der Waals surface area (Å²) in [5, 5.41) is 2.83. The van der Waals surface area contributed by atoms with Crippen molar-refractivity contribution in [3.05, 3.63) is 53.3 Å². The monoisotopic (exact) mass is 387 g/mol. The molecule has 0 atom stereocenters. The quantitative estimate of drug-likeness (QED) is 0.709. The molecule has 1 aliphatic rings. The summed E-state index contributed by atoms with van der Waals surface area (Å²) in [6.07, 6.45) is 7.43. The highest BCUT2D eigenvalue weighted by molar-refractivity contribution is 7.97. The number of aryl methyl sites for hydroxylation is 2. The predicted octanol–water partition coefficient (Wildman–Crippen LogP) is 2.18. The molecule has 7 nitrogen and oxygen atoms in total. The molecular formula is C19H25N5O2S. The number of carbonyl (C=O) groups excluding carboxylic acids is 1. The molecule has 27 heavy (non-hydrogen) atoms. The van der Waals surface area contributed by atoms with E-state index >= 15 is 0 Å². The molecule has 1 fully saturated rings. The van der Waals surface area contributed by atoms with Gasteiger partial charge >= 0.3 is 6.03 Å². The second-order valence-corrected chi connectivity index (χ2v) is 6.91. The molecule has 2 aromatic rings. The Labute approximate surface area is 164 Å². The second kappa shape index (κ2) is 10.1. The fraction of sp³-hybridized carbons (Fsp3) is 0.421. The first kappa shape index (κ1) is 19.4. The maximum absolute atomic E-state index is 11.5. The number of nitrogens with one attached hydrogen (secondary N) is 2. The number of nitrogens with zero attached hydrogens (tertiary/aromatic N) is 3. The Morgan fingerprint density at radius 1 is 1.15 bits per heavy atom. The van der Waals surface area contributed by atoms with Crippen LogP contribution in [0.15, 0.2) is 36.7 Å². The zero-order valence-corrected chi connectivity index (χ0v) is 16.3. The van der Waals surface area contributed by atoms with Gasteiger partial charge in [0.1, 0.15) is 0 Å². The first-order valence-corrected chi connectivity index (χ1v) is 10.3. The summed E-state index contributed by atoms with van der Waals surface area (Å²) >= 11 is 1.28. The number of urea groups is 1. The fourth-order valence-corrected chi connectivity index (χ4v) is 3.16. The van der Waals surface area contributed by atoms with Gasteiger partial charge in [-0.1, -0.05) is 36.2 Å². The van der Waals surface area contributed by atoms with Gasteiger partial charge in [-0.2, -0.15) is 0 Å². The van der Waals surface area contributed by atoms with Crippen LogP contribution >= 0.6 is 11.9 Å². The Hall–Kier alpha value is -2.32. The summed E-state index contributed by atoms with van der Waals surface area (Å²) in [6.45, 7) is 3.66. The molecule has 1 aliphatic heterocycles. The van der Waals surface area contributed by atoms with E-state index in [1.165, 1.54) is 17.5 Å². The molecule has 144 valence electrons. The van der Waals surface area contributed by atoms with Crippen LogP contribution in [0, 0.1) is 0 Å². The molecule has 3 rings (SSSR count). The van der Waals surface area contributed by atoms with E-state index in [4.69, 9.17) is 4.74 Å². The Morgan fingerprint density at radius 2 is 1.85 bits per heavy atom. The van der Waals surface area contributed by atoms with Crippen molar-refractivity contribution in [3.63, 3.8) is 0 Å². The van der Waals surface area contributed by atoms with Crippen LogP contribution in [0.1, 0.15) is 16.7 Å². The second-order valence-electron chi connectivity index (χ2n) is 6.30. The molecule has 0 spiro atoms. The van der Waals surface area contributed by atoms with Crippen LogP contribution in [0.2, 0.25) is 0 Å². The number of hydrogen-bond donors (Lipinski definition) is 2. The minimum Gasteiger partial charge on any atom is -0.378 e. The van der Waals surface area contributed by atoms with Gasteiger partial charge < -0.3 is 15.0 Å². The minimum absolute atomic E-state index is 0.176. The van der Waals surface area contributed by atoms with Crippen molar-refractivity contribution in [2.24, 2.45) is 0 Å². The third-order valence-electron chi connectivity index (χ3n) is 4.33. The van der Waals surface area contributed by atoms with Crippen LogP contribution in [0.3, 0.4) is 0 Å². The number of amides is 2. The molecular weight excluding hydrogens is 362 g/mol. The van der Waals surface area contributed by atoms with Crippen molar-refractivity contribution in [3.8, 4) is 0 Å². The Bertz CT molecular complexity index is 735. The number of hydrogen-bond acceptors (Lipinski definition) is 6. The number of aromatic nitrogens is 2. The maximum atomic E-state index is 11.5. The molecule has 8 heteroatoms. The van der Waals surface area contributed by atoms with Crippen LogP contribution in [0.4, 0.5) is 10.7 Å². The number of ether oxygens (including phenoxy) is 1. The van der Waals surface area contributed by atoms with Crippen molar-refractivity contribution in [2.75, 3.05) is 37.5 Å². The molecule has 0 radical (unpaired) electrons. The molecule has 1 aromatic heterocycles. The van der Waals surface area contributed by atoms with Gasteiger partial charge in [0.05, 0.1) is 13.2 Å². The SMILES string of the molecule is CSNC(=O)NCc1cccc(CCc2cnc(N3CCOCC3)nc2)c1. The van der Waals surface area contributed by atoms with E-state index in [1.54, 1.807) is 0 Å². The fourth-order valence-electron chi connectivity index (χ4n) is 2.90. The van der Waals surface area contributed by atoms with Gasteiger partial charge in [0.15, 0.2) is 0 Å². The van der Waals surface area contributed by atoms with Crippen LogP contribution in [0.5, 0.6) is 0 Å². The van der Waals surface area contributed by atoms with Crippen LogP contribution in [0.25, 0.3) is 0 Å². The lowest BCUT2D eigenvalue weighted by molar-refractivity contribution is 0.122. The summed E-state index contributed by atoms with van der Waals surface area (Å²) < 4.78 is 8.01. The summed E-state index contributed by atoms with van der Waals surface area (Å²) in [6, 6.07) is 8.10. The lowest BCUT2D eigenvalue weighted by Gasteiger charge is -2.26. The molecule has 0 bridgehead atoms. The summed E-state index contributed by atoms with van der Waals surface area (Å²) in [7, 11) is 0. The van der Waals surface area contributed by atoms with Crippen molar-refractivity contribution < 1.29 is 9.53 Å². The number of rotatable bonds is 7. The highest BCUT2D eigenvalue weighted by atomic mass is 32.2. The van der Waals surface area contributed by atoms with Crippen molar-refractivity contribution in [1.29, 1.82) is 0 Å². The molecule has 2 heterocycles. The number of benzene rings is 1. The third kappa shape index (κ3) is 6.11. The first-order valence-electron chi connectivity index (χ1n) is 9.03. The Morgan fingerprint density at radius 3 is 2.59 bits per heavy atom. The maximum Gasteiger partial charge on any atom is 0.325 e. The van der Waals surface area contributed by atoms with Gasteiger partial charge in [0.25, 0.3) is 0 Å². The predicted molar refractivity (Wildman–Crippen MR) is 108 cm³/mol. The number of anilines is 1. The Kier molecular flexibility index (Phi) is 7.29. The molecule has 1 saturated heterocycles. The molecule has 0 aliphatic carbocycles. The van der Waals surface area contributed by atoms with Crippen LogP contribution < -0.4 is 14.9 Å². The van der Waals surface area contributed by atoms with E-state index in [2.05, 4.69) is 37.0 Å². The summed E-state index contributed by atoms with van der Waals surface area (Å²) in [5.74, 6) is 0.777. The van der Waals surface area contributed by atoms with E-state index in [0.717, 1.165) is 56.2 Å². The normalized spacial score (nSPS) is 14.0. The van der Waals surface area contributed by atoms with E-state index in [0.29, 0.717) is 6.54 Å². The zero-order chi connectivity index (χ0) is 18.9. The molecule has 0 unspecified atom stereocenters. The van der Waals surface area contributed by atoms with Gasteiger partial charge in [-0.25, -0.2) is 14.8 Å². The van der Waals surface area contributed by atoms with Crippen LogP contribution in [-0.2, 0) is 24.1 Å². The zero-order valence-electron chi connectivity index (χ0n) is 15.5. The minimum atomic E-state index is -0.176. The lowest BCUT2D eigenvalue weighted by Crippen LogP contribution is -2.37. The summed E-state index contributed by atoms with van der Waals surface area (Å²) in [4.78, 5) is 22.6. The number of carbonyl (C=O) groups is 1. The van der Waals surface area contributed by atoms with Gasteiger partial charge in [0, 0.05) is 38.3 Å². The van der Waals surface area contributed by atoms with Crippen LogP contribution in [-0.4, -0.2) is 48.6 Å². The Balaban J connectivity index is 1.50. The topological polar surface area (TPSA) is 79.4 Å². The smallest absolute Gasteiger partial charge is 0.325 e. The first-order chi connectivity index (χ1) is 13.2. The number of morpholine rings is 1. The largest absolute Gasteiger partial charge is 0.378 e. The highest BCUT2D eigenvalue weighted by Gasteiger charge is 2.13. The van der Waals surface area contributed by atoms with Crippen molar-refractivity contribution in [1.82, 2.24) is 20.0 Å². The van der Waals surface area contributed by atoms with E-state index < -0.39 is 0 Å². The van der Waals surface area contributed by atoms with Crippen molar-refractivity contribution >= 4 is 23.9 Å². The standard InChI is InChI=1S/C19H25N5O2S/c1-27-23-19(25)22-12-16-4-2-3-15(11-16)5-6-17-13-20-18(21-14-17)24-7-9-26-10-8-24/h2-4,11,13-14H,5-10,12H2,1H3,(H2,22,23,25). The lowest BCUT2D eigenvalue weighted by atomic mass is 10.0. The summed E-state index contributed by atoms with van der Waals surface area (Å²) in [5.41, 5.74) is 3.44. The van der Waals surface area contributed by atoms with Crippen molar-refractivity contribution in [2.45, 2.75) is 19.4 Å². The average Bonchev–Trinajstić information content (AvgIpc) is 2.72. The van der Waals surface area contributed by atoms with E-state index in [9.17, 15) is 4.79 Å². The van der Waals surface area contributed by atoms with E-state index in [-0.39, 0.29) is 6.03 Å². The average molecular weight is 388 g/mol. The highest BCUT2D eigenvalue weighted by Crippen LogP contribution is 2.12. The van der Waals surface area contributed by atoms with Gasteiger partial charge in [-0.05, 0) is 29.5 Å². The molecule has 1 aromatic carbocycles. The third-order valence-corrected chi connectivity index (χ3v) is 4.72. The molecule has 2 N–H and O–H groups in total.